The Balaban J connectivity index is 1.65. The molecule has 0 spiro atoms. The smallest absolute Gasteiger partial charge is 0.420 e. The normalized spacial score (nSPS) is 11.6. The fourth-order valence-electron chi connectivity index (χ4n) is 2.77. The average molecular weight is 464 g/mol. The van der Waals surface area contributed by atoms with Crippen molar-refractivity contribution in [3.05, 3.63) is 82.9 Å². The predicted octanol–water partition coefficient (Wildman–Crippen LogP) is 6.00. The van der Waals surface area contributed by atoms with E-state index in [1.807, 2.05) is 30.3 Å². The summed E-state index contributed by atoms with van der Waals surface area (Å²) in [4.78, 5) is 19.8. The molecule has 10 heteroatoms. The molecule has 0 saturated heterocycles. The van der Waals surface area contributed by atoms with Crippen molar-refractivity contribution in [2.24, 2.45) is 0 Å². The summed E-state index contributed by atoms with van der Waals surface area (Å²) in [6.07, 6.45) is 3.02. The summed E-state index contributed by atoms with van der Waals surface area (Å²) in [5.74, 6) is -7.29. The number of halogens is 5. The van der Waals surface area contributed by atoms with Crippen LogP contribution in [0.25, 0.3) is 12.2 Å². The number of carbonyl (C=O) groups is 1. The minimum atomic E-state index is -5.29. The molecule has 0 atom stereocenters. The van der Waals surface area contributed by atoms with E-state index in [0.29, 0.717) is 17.7 Å². The highest BCUT2D eigenvalue weighted by molar-refractivity contribution is 5.87. The first-order chi connectivity index (χ1) is 15.6. The van der Waals surface area contributed by atoms with Crippen LogP contribution in [0.3, 0.4) is 0 Å². The van der Waals surface area contributed by atoms with Gasteiger partial charge in [0.15, 0.2) is 11.6 Å². The summed E-state index contributed by atoms with van der Waals surface area (Å²) in [6.45, 7) is 2.10. The number of nitrogens with zero attached hydrogens (tertiary/aromatic N) is 2. The molecular weight excluding hydrogens is 447 g/mol. The molecule has 3 aromatic rings. The van der Waals surface area contributed by atoms with Crippen molar-refractivity contribution < 1.29 is 36.2 Å². The second-order valence-electron chi connectivity index (χ2n) is 6.82. The summed E-state index contributed by atoms with van der Waals surface area (Å²) in [5.41, 5.74) is 2.78. The first-order valence-corrected chi connectivity index (χ1v) is 9.70. The summed E-state index contributed by atoms with van der Waals surface area (Å²) < 4.78 is 72.1. The number of carbonyl (C=O) groups excluding carboxylic acids is 1. The van der Waals surface area contributed by atoms with E-state index < -0.39 is 41.3 Å². The molecule has 0 fully saturated rings. The molecule has 3 rings (SSSR count). The third kappa shape index (κ3) is 6.83. The maximum absolute atomic E-state index is 13.7. The highest BCUT2D eigenvalue weighted by atomic mass is 19.4. The van der Waals surface area contributed by atoms with Gasteiger partial charge in [-0.05, 0) is 17.5 Å². The Morgan fingerprint density at radius 3 is 2.09 bits per heavy atom. The van der Waals surface area contributed by atoms with Gasteiger partial charge in [-0.1, -0.05) is 49.8 Å². The van der Waals surface area contributed by atoms with Crippen LogP contribution in [0.1, 0.15) is 40.7 Å². The van der Waals surface area contributed by atoms with Gasteiger partial charge in [0.25, 0.3) is 0 Å². The Kier molecular flexibility index (Phi) is 7.37. The molecule has 33 heavy (non-hydrogen) atoms. The first kappa shape index (κ1) is 23.8. The lowest BCUT2D eigenvalue weighted by Gasteiger charge is -2.11. The number of aromatic nitrogens is 2. The number of rotatable bonds is 7. The van der Waals surface area contributed by atoms with Gasteiger partial charge >= 0.3 is 12.3 Å². The molecule has 1 aromatic heterocycles. The van der Waals surface area contributed by atoms with Crippen molar-refractivity contribution in [3.63, 3.8) is 0 Å². The Labute approximate surface area is 185 Å². The highest BCUT2D eigenvalue weighted by Crippen LogP contribution is 2.31. The molecule has 2 aromatic carbocycles. The van der Waals surface area contributed by atoms with Crippen LogP contribution >= 0.6 is 0 Å². The quantitative estimate of drug-likeness (QED) is 0.244. The van der Waals surface area contributed by atoms with Crippen LogP contribution in [-0.2, 0) is 6.42 Å². The SMILES string of the molecule is CCCc1ccc(/C=C/c2cnc(C(=O)Oc3cc(F)c(OC(F)(F)F)c(F)c3)nc2)cc1. The Morgan fingerprint density at radius 2 is 1.55 bits per heavy atom. The molecule has 0 unspecified atom stereocenters. The van der Waals surface area contributed by atoms with Crippen LogP contribution in [0.2, 0.25) is 0 Å². The zero-order valence-corrected chi connectivity index (χ0v) is 17.2. The molecule has 0 aliphatic carbocycles. The number of hydrogen-bond donors (Lipinski definition) is 0. The van der Waals surface area contributed by atoms with Crippen molar-refractivity contribution in [2.45, 2.75) is 26.1 Å². The second-order valence-corrected chi connectivity index (χ2v) is 6.82. The van der Waals surface area contributed by atoms with E-state index in [1.54, 1.807) is 6.08 Å². The highest BCUT2D eigenvalue weighted by Gasteiger charge is 2.34. The van der Waals surface area contributed by atoms with Crippen molar-refractivity contribution in [2.75, 3.05) is 0 Å². The molecule has 0 saturated carbocycles. The topological polar surface area (TPSA) is 61.3 Å². The first-order valence-electron chi connectivity index (χ1n) is 9.70. The van der Waals surface area contributed by atoms with Crippen LogP contribution in [0.5, 0.6) is 11.5 Å². The zero-order valence-electron chi connectivity index (χ0n) is 17.2. The summed E-state index contributed by atoms with van der Waals surface area (Å²) >= 11 is 0. The standard InChI is InChI=1S/C23H17F5N2O3/c1-2-3-14-4-6-15(7-5-14)8-9-16-12-29-21(30-13-16)22(31)32-17-10-18(24)20(19(25)11-17)33-23(26,27)28/h4-13H,2-3H2,1H3/b9-8+. The van der Waals surface area contributed by atoms with E-state index in [1.165, 1.54) is 18.0 Å². The van der Waals surface area contributed by atoms with E-state index >= 15 is 0 Å². The zero-order chi connectivity index (χ0) is 24.0. The van der Waals surface area contributed by atoms with Crippen LogP contribution in [0.4, 0.5) is 22.0 Å². The molecule has 0 N–H and O–H groups in total. The number of alkyl halides is 3. The third-order valence-electron chi connectivity index (χ3n) is 4.24. The Hall–Kier alpha value is -3.82. The van der Waals surface area contributed by atoms with E-state index in [-0.39, 0.29) is 0 Å². The lowest BCUT2D eigenvalue weighted by Crippen LogP contribution is -2.19. The Bertz CT molecular complexity index is 1120. The number of esters is 1. The summed E-state index contributed by atoms with van der Waals surface area (Å²) in [5, 5.41) is 0. The van der Waals surface area contributed by atoms with Crippen LogP contribution in [0, 0.1) is 11.6 Å². The summed E-state index contributed by atoms with van der Waals surface area (Å²) in [7, 11) is 0. The third-order valence-corrected chi connectivity index (χ3v) is 4.24. The lowest BCUT2D eigenvalue weighted by molar-refractivity contribution is -0.276. The predicted molar refractivity (Wildman–Crippen MR) is 109 cm³/mol. The molecule has 0 bridgehead atoms. The van der Waals surface area contributed by atoms with Gasteiger partial charge in [0.1, 0.15) is 5.75 Å². The van der Waals surface area contributed by atoms with Gasteiger partial charge in [0.2, 0.25) is 11.6 Å². The molecule has 172 valence electrons. The fourth-order valence-corrected chi connectivity index (χ4v) is 2.77. The lowest BCUT2D eigenvalue weighted by atomic mass is 10.1. The van der Waals surface area contributed by atoms with Gasteiger partial charge in [-0.2, -0.15) is 0 Å². The van der Waals surface area contributed by atoms with Gasteiger partial charge in [-0.15, -0.1) is 13.2 Å². The van der Waals surface area contributed by atoms with Crippen LogP contribution < -0.4 is 9.47 Å². The van der Waals surface area contributed by atoms with E-state index in [0.717, 1.165) is 18.4 Å². The molecular formula is C23H17F5N2O3. The maximum atomic E-state index is 13.7. The van der Waals surface area contributed by atoms with E-state index in [4.69, 9.17) is 4.74 Å². The monoisotopic (exact) mass is 464 g/mol. The van der Waals surface area contributed by atoms with Crippen molar-refractivity contribution in [1.82, 2.24) is 9.97 Å². The molecule has 0 aliphatic heterocycles. The van der Waals surface area contributed by atoms with Gasteiger partial charge in [0.05, 0.1) is 0 Å². The van der Waals surface area contributed by atoms with Crippen molar-refractivity contribution in [1.29, 1.82) is 0 Å². The number of ether oxygens (including phenoxy) is 2. The molecule has 1 heterocycles. The number of benzene rings is 2. The maximum Gasteiger partial charge on any atom is 0.573 e. The van der Waals surface area contributed by atoms with E-state index in [9.17, 15) is 26.7 Å². The van der Waals surface area contributed by atoms with Gasteiger partial charge in [-0.25, -0.2) is 23.5 Å². The largest absolute Gasteiger partial charge is 0.573 e. The fraction of sp³-hybridized carbons (Fsp3) is 0.174. The van der Waals surface area contributed by atoms with Crippen molar-refractivity contribution >= 4 is 18.1 Å². The van der Waals surface area contributed by atoms with Gasteiger partial charge in [0, 0.05) is 30.1 Å². The Morgan fingerprint density at radius 1 is 0.970 bits per heavy atom. The van der Waals surface area contributed by atoms with Gasteiger partial charge < -0.3 is 9.47 Å². The molecule has 5 nitrogen and oxygen atoms in total. The van der Waals surface area contributed by atoms with Crippen molar-refractivity contribution in [3.8, 4) is 11.5 Å². The second kappa shape index (κ2) is 10.2. The van der Waals surface area contributed by atoms with Crippen LogP contribution in [0.15, 0.2) is 48.8 Å². The summed E-state index contributed by atoms with van der Waals surface area (Å²) in [6, 6.07) is 8.77. The average Bonchev–Trinajstić information content (AvgIpc) is 2.76. The molecule has 0 aliphatic rings. The minimum Gasteiger partial charge on any atom is -0.420 e. The van der Waals surface area contributed by atoms with Crippen LogP contribution in [-0.4, -0.2) is 22.3 Å². The van der Waals surface area contributed by atoms with Gasteiger partial charge in [-0.3, -0.25) is 0 Å². The number of aryl methyl sites for hydroxylation is 1. The molecule has 0 radical (unpaired) electrons. The number of hydrogen-bond acceptors (Lipinski definition) is 5. The molecule has 0 amide bonds. The minimum absolute atomic E-state index is 0.380. The van der Waals surface area contributed by atoms with E-state index in [2.05, 4.69) is 21.6 Å².